The molecule has 2 aromatic rings. The summed E-state index contributed by atoms with van der Waals surface area (Å²) >= 11 is 10.2. The maximum atomic E-state index is 13.6. The van der Waals surface area contributed by atoms with Crippen molar-refractivity contribution in [3.8, 4) is 0 Å². The summed E-state index contributed by atoms with van der Waals surface area (Å²) in [5, 5.41) is -1.46. The number of rotatable bonds is 2. The van der Waals surface area contributed by atoms with Crippen LogP contribution in [-0.2, 0) is 0 Å². The second-order valence-corrected chi connectivity index (χ2v) is 6.48. The van der Waals surface area contributed by atoms with Crippen LogP contribution in [0.15, 0.2) is 10.5 Å². The van der Waals surface area contributed by atoms with Gasteiger partial charge in [0.1, 0.15) is 0 Å². The molecule has 1 atom stereocenters. The molecule has 0 saturated carbocycles. The highest BCUT2D eigenvalue weighted by atomic mass is 79.9. The van der Waals surface area contributed by atoms with Crippen molar-refractivity contribution in [3.05, 3.63) is 54.9 Å². The van der Waals surface area contributed by atoms with Crippen LogP contribution in [0.4, 0.5) is 22.0 Å². The topological polar surface area (TPSA) is 0 Å². The molecule has 0 bridgehead atoms. The summed E-state index contributed by atoms with van der Waals surface area (Å²) in [6.07, 6.45) is 0. The van der Waals surface area contributed by atoms with Crippen LogP contribution >= 0.6 is 38.9 Å². The van der Waals surface area contributed by atoms with Crippen molar-refractivity contribution in [2.24, 2.45) is 0 Å². The van der Waals surface area contributed by atoms with Crippen LogP contribution in [0, 0.1) is 36.0 Å². The van der Waals surface area contributed by atoms with Gasteiger partial charge in [0.25, 0.3) is 0 Å². The lowest BCUT2D eigenvalue weighted by Gasteiger charge is -2.12. The van der Waals surface area contributed by atoms with Crippen molar-refractivity contribution in [1.82, 2.24) is 0 Å². The summed E-state index contributed by atoms with van der Waals surface area (Å²) < 4.78 is 67.1. The number of hydrogen-bond donors (Lipinski definition) is 0. The molecular weight excluding hydrogens is 387 g/mol. The van der Waals surface area contributed by atoms with Gasteiger partial charge >= 0.3 is 0 Å². The van der Waals surface area contributed by atoms with Crippen LogP contribution in [0.2, 0.25) is 0 Å². The van der Waals surface area contributed by atoms with Gasteiger partial charge in [-0.05, 0) is 28.9 Å². The highest BCUT2D eigenvalue weighted by Crippen LogP contribution is 2.40. The lowest BCUT2D eigenvalue weighted by molar-refractivity contribution is 0.371. The maximum Gasteiger partial charge on any atom is 0.200 e. The number of benzene rings is 1. The summed E-state index contributed by atoms with van der Waals surface area (Å²) in [7, 11) is 0. The minimum atomic E-state index is -2.20. The van der Waals surface area contributed by atoms with E-state index in [0.29, 0.717) is 4.47 Å². The van der Waals surface area contributed by atoms with Crippen LogP contribution in [0.3, 0.4) is 0 Å². The molecule has 20 heavy (non-hydrogen) atoms. The van der Waals surface area contributed by atoms with Gasteiger partial charge < -0.3 is 0 Å². The van der Waals surface area contributed by atoms with E-state index in [4.69, 9.17) is 11.6 Å². The molecule has 2 rings (SSSR count). The Kier molecular flexibility index (Phi) is 4.41. The molecule has 0 spiro atoms. The molecule has 108 valence electrons. The minimum Gasteiger partial charge on any atom is -0.203 e. The fraction of sp³-hybridized carbons (Fsp3) is 0.167. The van der Waals surface area contributed by atoms with E-state index in [1.165, 1.54) is 6.07 Å². The van der Waals surface area contributed by atoms with Crippen LogP contribution in [0.25, 0.3) is 0 Å². The zero-order valence-corrected chi connectivity index (χ0v) is 12.9. The van der Waals surface area contributed by atoms with Crippen LogP contribution in [-0.4, -0.2) is 0 Å². The Balaban J connectivity index is 2.63. The quantitative estimate of drug-likeness (QED) is 0.261. The van der Waals surface area contributed by atoms with E-state index >= 15 is 0 Å². The molecule has 1 aromatic carbocycles. The molecule has 0 nitrogen and oxygen atoms in total. The zero-order chi connectivity index (χ0) is 15.2. The van der Waals surface area contributed by atoms with Gasteiger partial charge in [0.15, 0.2) is 23.3 Å². The highest BCUT2D eigenvalue weighted by Gasteiger charge is 2.31. The molecular formula is C12H5BrClF5S. The van der Waals surface area contributed by atoms with Gasteiger partial charge in [-0.3, -0.25) is 0 Å². The number of hydrogen-bond acceptors (Lipinski definition) is 1. The molecule has 0 saturated heterocycles. The smallest absolute Gasteiger partial charge is 0.200 e. The molecule has 0 radical (unpaired) electrons. The second kappa shape index (κ2) is 5.61. The van der Waals surface area contributed by atoms with Crippen LogP contribution < -0.4 is 0 Å². The SMILES string of the molecule is Cc1sc(C(Cl)c2c(F)c(F)c(F)c(F)c2F)cc1Br. The van der Waals surface area contributed by atoms with Gasteiger partial charge in [-0.15, -0.1) is 22.9 Å². The summed E-state index contributed by atoms with van der Waals surface area (Å²) in [4.78, 5) is 1.05. The van der Waals surface area contributed by atoms with E-state index in [9.17, 15) is 22.0 Å². The van der Waals surface area contributed by atoms with E-state index in [1.54, 1.807) is 6.92 Å². The summed E-state index contributed by atoms with van der Waals surface area (Å²) in [5.74, 6) is -10.0. The monoisotopic (exact) mass is 390 g/mol. The van der Waals surface area contributed by atoms with Crippen LogP contribution in [0.1, 0.15) is 20.7 Å². The molecule has 1 aromatic heterocycles. The molecule has 8 heteroatoms. The third kappa shape index (κ3) is 2.46. The standard InChI is InChI=1S/C12H5BrClF5S/c1-3-4(13)2-5(20-3)7(14)6-8(15)10(17)12(19)11(18)9(6)16/h2,7H,1H3. The first-order chi connectivity index (χ1) is 9.25. The fourth-order valence-corrected chi connectivity index (χ4v) is 3.53. The van der Waals surface area contributed by atoms with Crippen molar-refractivity contribution in [2.75, 3.05) is 0 Å². The van der Waals surface area contributed by atoms with Gasteiger partial charge in [-0.25, -0.2) is 22.0 Å². The number of alkyl halides is 1. The highest BCUT2D eigenvalue weighted by molar-refractivity contribution is 9.10. The average molecular weight is 392 g/mol. The summed E-state index contributed by atoms with van der Waals surface area (Å²) in [6, 6.07) is 1.48. The molecule has 0 aliphatic rings. The maximum absolute atomic E-state index is 13.6. The van der Waals surface area contributed by atoms with E-state index in [0.717, 1.165) is 16.2 Å². The van der Waals surface area contributed by atoms with E-state index in [-0.39, 0.29) is 4.88 Å². The normalized spacial score (nSPS) is 12.8. The van der Waals surface area contributed by atoms with Gasteiger partial charge in [0.2, 0.25) is 5.82 Å². The molecule has 0 fully saturated rings. The Bertz CT molecular complexity index is 636. The first-order valence-electron chi connectivity index (χ1n) is 5.17. The zero-order valence-electron chi connectivity index (χ0n) is 9.71. The van der Waals surface area contributed by atoms with Crippen molar-refractivity contribution in [3.63, 3.8) is 0 Å². The molecule has 0 amide bonds. The average Bonchev–Trinajstić information content (AvgIpc) is 2.74. The van der Waals surface area contributed by atoms with Gasteiger partial charge in [-0.1, -0.05) is 0 Å². The number of aryl methyl sites for hydroxylation is 1. The lowest BCUT2D eigenvalue weighted by atomic mass is 10.1. The molecule has 0 aliphatic heterocycles. The molecule has 0 aliphatic carbocycles. The largest absolute Gasteiger partial charge is 0.203 e. The Hall–Kier alpha value is -0.660. The van der Waals surface area contributed by atoms with Crippen LogP contribution in [0.5, 0.6) is 0 Å². The molecule has 1 unspecified atom stereocenters. The Morgan fingerprint density at radius 3 is 1.85 bits per heavy atom. The number of halogens is 7. The van der Waals surface area contributed by atoms with Crippen molar-refractivity contribution < 1.29 is 22.0 Å². The van der Waals surface area contributed by atoms with Gasteiger partial charge in [-0.2, -0.15) is 0 Å². The summed E-state index contributed by atoms with van der Waals surface area (Å²) in [6.45, 7) is 1.72. The predicted molar refractivity (Wildman–Crippen MR) is 70.7 cm³/mol. The Morgan fingerprint density at radius 1 is 1.00 bits per heavy atom. The minimum absolute atomic E-state index is 0.277. The van der Waals surface area contributed by atoms with Crippen molar-refractivity contribution in [2.45, 2.75) is 12.3 Å². The van der Waals surface area contributed by atoms with Crippen molar-refractivity contribution >= 4 is 38.9 Å². The van der Waals surface area contributed by atoms with Crippen molar-refractivity contribution in [1.29, 1.82) is 0 Å². The Morgan fingerprint density at radius 2 is 1.45 bits per heavy atom. The van der Waals surface area contributed by atoms with E-state index in [1.807, 2.05) is 0 Å². The van der Waals surface area contributed by atoms with Gasteiger partial charge in [0, 0.05) is 14.2 Å². The summed E-state index contributed by atoms with van der Waals surface area (Å²) in [5.41, 5.74) is -1.04. The third-order valence-corrected chi connectivity index (χ3v) is 5.41. The number of thiophene rings is 1. The fourth-order valence-electron chi connectivity index (χ4n) is 1.59. The Labute approximate surface area is 128 Å². The first-order valence-corrected chi connectivity index (χ1v) is 7.21. The predicted octanol–water partition coefficient (Wildman–Crippen LogP) is 5.84. The molecule has 1 heterocycles. The first kappa shape index (κ1) is 15.7. The molecule has 0 N–H and O–H groups in total. The second-order valence-electron chi connectivity index (χ2n) is 3.90. The van der Waals surface area contributed by atoms with Gasteiger partial charge in [0.05, 0.1) is 10.9 Å². The van der Waals surface area contributed by atoms with E-state index < -0.39 is 40.0 Å². The lowest BCUT2D eigenvalue weighted by Crippen LogP contribution is -2.09. The van der Waals surface area contributed by atoms with E-state index in [2.05, 4.69) is 15.9 Å². The third-order valence-electron chi connectivity index (χ3n) is 2.62.